The summed E-state index contributed by atoms with van der Waals surface area (Å²) in [6.45, 7) is 2.04. The summed E-state index contributed by atoms with van der Waals surface area (Å²) in [7, 11) is 0. The standard InChI is InChI=1S/C12H10Cl2O/c1-8-2-4-9(5-3-8)12(14)10-6-7-11(13)15-10/h2-7,12H,1H3. The van der Waals surface area contributed by atoms with Crippen molar-refractivity contribution in [3.05, 3.63) is 58.5 Å². The minimum atomic E-state index is -0.280. The molecule has 78 valence electrons. The van der Waals surface area contributed by atoms with Gasteiger partial charge in [0.15, 0.2) is 5.22 Å². The molecule has 0 saturated heterocycles. The fourth-order valence-corrected chi connectivity index (χ4v) is 1.78. The summed E-state index contributed by atoms with van der Waals surface area (Å²) < 4.78 is 5.26. The highest BCUT2D eigenvalue weighted by Gasteiger charge is 2.14. The summed E-state index contributed by atoms with van der Waals surface area (Å²) in [4.78, 5) is 0. The van der Waals surface area contributed by atoms with Crippen LogP contribution in [0.2, 0.25) is 5.22 Å². The highest BCUT2D eigenvalue weighted by Crippen LogP contribution is 2.31. The van der Waals surface area contributed by atoms with Gasteiger partial charge in [0.05, 0.1) is 0 Å². The van der Waals surface area contributed by atoms with Crippen molar-refractivity contribution >= 4 is 23.2 Å². The van der Waals surface area contributed by atoms with Gasteiger partial charge in [-0.1, -0.05) is 29.8 Å². The second kappa shape index (κ2) is 4.30. The minimum absolute atomic E-state index is 0.280. The number of furan rings is 1. The Morgan fingerprint density at radius 1 is 1.07 bits per heavy atom. The molecule has 15 heavy (non-hydrogen) atoms. The molecule has 1 unspecified atom stereocenters. The van der Waals surface area contributed by atoms with E-state index in [0.29, 0.717) is 11.0 Å². The summed E-state index contributed by atoms with van der Waals surface area (Å²) >= 11 is 11.9. The van der Waals surface area contributed by atoms with Crippen molar-refractivity contribution < 1.29 is 4.42 Å². The van der Waals surface area contributed by atoms with Gasteiger partial charge in [-0.3, -0.25) is 0 Å². The van der Waals surface area contributed by atoms with E-state index in [1.165, 1.54) is 5.56 Å². The van der Waals surface area contributed by atoms with E-state index >= 15 is 0 Å². The van der Waals surface area contributed by atoms with E-state index in [1.807, 2.05) is 31.2 Å². The maximum absolute atomic E-state index is 6.24. The van der Waals surface area contributed by atoms with Crippen molar-refractivity contribution in [1.29, 1.82) is 0 Å². The Balaban J connectivity index is 2.28. The van der Waals surface area contributed by atoms with E-state index in [1.54, 1.807) is 12.1 Å². The number of hydrogen-bond donors (Lipinski definition) is 0. The highest BCUT2D eigenvalue weighted by atomic mass is 35.5. The number of alkyl halides is 1. The van der Waals surface area contributed by atoms with Gasteiger partial charge in [-0.25, -0.2) is 0 Å². The summed E-state index contributed by atoms with van der Waals surface area (Å²) in [5.74, 6) is 0.672. The largest absolute Gasteiger partial charge is 0.448 e. The van der Waals surface area contributed by atoms with Crippen LogP contribution in [0.1, 0.15) is 22.3 Å². The van der Waals surface area contributed by atoms with Crippen LogP contribution < -0.4 is 0 Å². The topological polar surface area (TPSA) is 13.1 Å². The molecule has 0 aliphatic heterocycles. The lowest BCUT2D eigenvalue weighted by Crippen LogP contribution is -1.90. The van der Waals surface area contributed by atoms with Gasteiger partial charge in [0.2, 0.25) is 0 Å². The van der Waals surface area contributed by atoms with Crippen molar-refractivity contribution in [1.82, 2.24) is 0 Å². The molecular weight excluding hydrogens is 231 g/mol. The molecule has 0 amide bonds. The molecule has 1 nitrogen and oxygen atoms in total. The van der Waals surface area contributed by atoms with Crippen LogP contribution in [-0.4, -0.2) is 0 Å². The number of rotatable bonds is 2. The fraction of sp³-hybridized carbons (Fsp3) is 0.167. The lowest BCUT2D eigenvalue weighted by molar-refractivity contribution is 0.518. The van der Waals surface area contributed by atoms with E-state index in [2.05, 4.69) is 0 Å². The molecule has 1 atom stereocenters. The molecular formula is C12H10Cl2O. The molecule has 3 heteroatoms. The third-order valence-electron chi connectivity index (χ3n) is 2.21. The first-order valence-electron chi connectivity index (χ1n) is 4.62. The van der Waals surface area contributed by atoms with Gasteiger partial charge in [-0.2, -0.15) is 0 Å². The Kier molecular flexibility index (Phi) is 3.03. The van der Waals surface area contributed by atoms with Crippen LogP contribution in [0.25, 0.3) is 0 Å². The van der Waals surface area contributed by atoms with Crippen LogP contribution in [0.3, 0.4) is 0 Å². The van der Waals surface area contributed by atoms with E-state index in [-0.39, 0.29) is 5.38 Å². The van der Waals surface area contributed by atoms with Gasteiger partial charge in [0.25, 0.3) is 0 Å². The Morgan fingerprint density at radius 2 is 1.73 bits per heavy atom. The molecule has 0 radical (unpaired) electrons. The monoisotopic (exact) mass is 240 g/mol. The average Bonchev–Trinajstić information content (AvgIpc) is 2.65. The highest BCUT2D eigenvalue weighted by molar-refractivity contribution is 6.29. The molecule has 0 saturated carbocycles. The Bertz CT molecular complexity index is 445. The Morgan fingerprint density at radius 3 is 2.27 bits per heavy atom. The number of benzene rings is 1. The van der Waals surface area contributed by atoms with Crippen molar-refractivity contribution in [3.63, 3.8) is 0 Å². The number of aryl methyl sites for hydroxylation is 1. The van der Waals surface area contributed by atoms with Crippen LogP contribution in [0.5, 0.6) is 0 Å². The molecule has 0 spiro atoms. The number of halogens is 2. The quantitative estimate of drug-likeness (QED) is 0.702. The van der Waals surface area contributed by atoms with Crippen LogP contribution in [0, 0.1) is 6.92 Å². The van der Waals surface area contributed by atoms with Crippen LogP contribution in [0.15, 0.2) is 40.8 Å². The average molecular weight is 241 g/mol. The molecule has 0 aliphatic carbocycles. The van der Waals surface area contributed by atoms with E-state index in [0.717, 1.165) is 5.56 Å². The van der Waals surface area contributed by atoms with Crippen molar-refractivity contribution in [2.75, 3.05) is 0 Å². The third kappa shape index (κ3) is 2.36. The van der Waals surface area contributed by atoms with Crippen LogP contribution in [-0.2, 0) is 0 Å². The molecule has 0 aliphatic rings. The summed E-state index contributed by atoms with van der Waals surface area (Å²) in [5, 5.41) is 0.0841. The zero-order chi connectivity index (χ0) is 10.8. The zero-order valence-electron chi connectivity index (χ0n) is 8.21. The molecule has 1 aromatic carbocycles. The van der Waals surface area contributed by atoms with E-state index < -0.39 is 0 Å². The minimum Gasteiger partial charge on any atom is -0.448 e. The lowest BCUT2D eigenvalue weighted by Gasteiger charge is -2.06. The second-order valence-corrected chi connectivity index (χ2v) is 4.22. The van der Waals surface area contributed by atoms with E-state index in [4.69, 9.17) is 27.6 Å². The van der Waals surface area contributed by atoms with Gasteiger partial charge in [0.1, 0.15) is 11.1 Å². The SMILES string of the molecule is Cc1ccc(C(Cl)c2ccc(Cl)o2)cc1. The van der Waals surface area contributed by atoms with Crippen molar-refractivity contribution in [2.24, 2.45) is 0 Å². The normalized spacial score (nSPS) is 12.7. The molecule has 1 heterocycles. The predicted molar refractivity (Wildman–Crippen MR) is 62.6 cm³/mol. The summed E-state index contributed by atoms with van der Waals surface area (Å²) in [5.41, 5.74) is 2.22. The summed E-state index contributed by atoms with van der Waals surface area (Å²) in [6, 6.07) is 11.5. The maximum Gasteiger partial charge on any atom is 0.193 e. The van der Waals surface area contributed by atoms with Gasteiger partial charge in [0, 0.05) is 0 Å². The molecule has 0 fully saturated rings. The lowest BCUT2D eigenvalue weighted by atomic mass is 10.1. The van der Waals surface area contributed by atoms with Gasteiger partial charge >= 0.3 is 0 Å². The molecule has 1 aromatic heterocycles. The van der Waals surface area contributed by atoms with Crippen molar-refractivity contribution in [3.8, 4) is 0 Å². The first-order chi connectivity index (χ1) is 7.16. The Labute approximate surface area is 98.6 Å². The second-order valence-electron chi connectivity index (χ2n) is 3.42. The summed E-state index contributed by atoms with van der Waals surface area (Å²) in [6.07, 6.45) is 0. The van der Waals surface area contributed by atoms with Gasteiger partial charge < -0.3 is 4.42 Å². The predicted octanol–water partition coefficient (Wildman–Crippen LogP) is 4.57. The van der Waals surface area contributed by atoms with Gasteiger partial charge in [-0.05, 0) is 36.2 Å². The number of hydrogen-bond acceptors (Lipinski definition) is 1. The van der Waals surface area contributed by atoms with Crippen LogP contribution >= 0.6 is 23.2 Å². The van der Waals surface area contributed by atoms with Crippen LogP contribution in [0.4, 0.5) is 0 Å². The smallest absolute Gasteiger partial charge is 0.193 e. The Hall–Kier alpha value is -0.920. The first-order valence-corrected chi connectivity index (χ1v) is 5.44. The maximum atomic E-state index is 6.24. The fourth-order valence-electron chi connectivity index (χ4n) is 1.36. The molecule has 0 N–H and O–H groups in total. The van der Waals surface area contributed by atoms with Gasteiger partial charge in [-0.15, -0.1) is 11.6 Å². The first kappa shape index (κ1) is 10.6. The zero-order valence-corrected chi connectivity index (χ0v) is 9.72. The third-order valence-corrected chi connectivity index (χ3v) is 2.88. The molecule has 2 aromatic rings. The molecule has 2 rings (SSSR count). The molecule has 0 bridgehead atoms. The van der Waals surface area contributed by atoms with E-state index in [9.17, 15) is 0 Å². The van der Waals surface area contributed by atoms with Crippen molar-refractivity contribution in [2.45, 2.75) is 12.3 Å².